The number of benzene rings is 1. The van der Waals surface area contributed by atoms with Crippen LogP contribution in [0.15, 0.2) is 41.6 Å². The number of nitrogens with one attached hydrogen (secondary N) is 2. The van der Waals surface area contributed by atoms with Gasteiger partial charge in [0.25, 0.3) is 5.91 Å². The minimum atomic E-state index is -0.297. The summed E-state index contributed by atoms with van der Waals surface area (Å²) in [5.41, 5.74) is 4.15. The maximum Gasteiger partial charge on any atom is 0.271 e. The Balaban J connectivity index is 1.59. The van der Waals surface area contributed by atoms with Crippen LogP contribution in [0.2, 0.25) is 5.02 Å². The van der Waals surface area contributed by atoms with Gasteiger partial charge < -0.3 is 5.32 Å². The van der Waals surface area contributed by atoms with E-state index in [1.807, 2.05) is 18.2 Å². The molecule has 2 N–H and O–H groups in total. The van der Waals surface area contributed by atoms with Crippen molar-refractivity contribution < 1.29 is 9.59 Å². The van der Waals surface area contributed by atoms with E-state index in [0.717, 1.165) is 5.71 Å². The van der Waals surface area contributed by atoms with Gasteiger partial charge in [-0.25, -0.2) is 10.1 Å². The summed E-state index contributed by atoms with van der Waals surface area (Å²) < 4.78 is 1.55. The quantitative estimate of drug-likeness (QED) is 0.865. The van der Waals surface area contributed by atoms with Gasteiger partial charge in [0.1, 0.15) is 0 Å². The van der Waals surface area contributed by atoms with Crippen LogP contribution >= 0.6 is 11.6 Å². The lowest BCUT2D eigenvalue weighted by atomic mass is 10.0. The van der Waals surface area contributed by atoms with Gasteiger partial charge in [-0.15, -0.1) is 0 Å². The second-order valence-corrected chi connectivity index (χ2v) is 5.83. The van der Waals surface area contributed by atoms with E-state index in [4.69, 9.17) is 11.6 Å². The first-order valence-electron chi connectivity index (χ1n) is 7.49. The van der Waals surface area contributed by atoms with Crippen LogP contribution in [0.1, 0.15) is 23.8 Å². The second-order valence-electron chi connectivity index (χ2n) is 5.42. The average molecular weight is 346 g/mol. The summed E-state index contributed by atoms with van der Waals surface area (Å²) in [5.74, 6) is -0.718. The van der Waals surface area contributed by atoms with Gasteiger partial charge in [-0.05, 0) is 31.5 Å². The lowest BCUT2D eigenvalue weighted by Crippen LogP contribution is -2.30. The molecule has 2 amide bonds. The summed E-state index contributed by atoms with van der Waals surface area (Å²) in [6, 6.07) is 8.87. The third-order valence-electron chi connectivity index (χ3n) is 3.80. The largest absolute Gasteiger partial charge is 0.351 e. The van der Waals surface area contributed by atoms with Crippen LogP contribution in [0, 0.1) is 5.92 Å². The topological polar surface area (TPSA) is 88.4 Å². The number of aromatic nitrogens is 2. The monoisotopic (exact) mass is 345 g/mol. The fourth-order valence-corrected chi connectivity index (χ4v) is 2.69. The summed E-state index contributed by atoms with van der Waals surface area (Å²) in [7, 11) is 0. The second kappa shape index (κ2) is 6.84. The van der Waals surface area contributed by atoms with Crippen molar-refractivity contribution in [2.75, 3.05) is 6.54 Å². The Hall–Kier alpha value is -2.67. The fourth-order valence-electron chi connectivity index (χ4n) is 2.47. The first kappa shape index (κ1) is 16.2. The normalized spacial score (nSPS) is 16.7. The van der Waals surface area contributed by atoms with E-state index in [1.165, 1.54) is 0 Å². The number of hydrazone groups is 1. The van der Waals surface area contributed by atoms with Crippen LogP contribution < -0.4 is 10.7 Å². The number of carbonyl (C=O) groups is 2. The summed E-state index contributed by atoms with van der Waals surface area (Å²) in [4.78, 5) is 23.7. The number of para-hydroxylation sites is 1. The maximum absolute atomic E-state index is 12.2. The number of hydrogen-bond acceptors (Lipinski definition) is 4. The van der Waals surface area contributed by atoms with E-state index in [9.17, 15) is 9.59 Å². The number of carbonyl (C=O) groups excluding carboxylic acids is 2. The molecule has 2 heterocycles. The van der Waals surface area contributed by atoms with Gasteiger partial charge in [-0.3, -0.25) is 9.59 Å². The van der Waals surface area contributed by atoms with Gasteiger partial charge in [0.15, 0.2) is 5.69 Å². The van der Waals surface area contributed by atoms with E-state index in [2.05, 4.69) is 20.9 Å². The molecule has 0 saturated carbocycles. The summed E-state index contributed by atoms with van der Waals surface area (Å²) in [5, 5.41) is 11.4. The fraction of sp³-hybridized carbons (Fsp3) is 0.250. The molecule has 3 rings (SSSR count). The zero-order chi connectivity index (χ0) is 17.1. The highest BCUT2D eigenvalue weighted by atomic mass is 35.5. The van der Waals surface area contributed by atoms with Crippen LogP contribution in [0.4, 0.5) is 0 Å². The third-order valence-corrected chi connectivity index (χ3v) is 4.12. The lowest BCUT2D eigenvalue weighted by molar-refractivity contribution is -0.122. The SMILES string of the molecule is CC1=NNC(=O)[C@@H]1CCNC(=O)c1ccn(-c2ccccc2Cl)n1. The zero-order valence-corrected chi connectivity index (χ0v) is 13.7. The minimum Gasteiger partial charge on any atom is -0.351 e. The number of hydrogen-bond donors (Lipinski definition) is 2. The van der Waals surface area contributed by atoms with E-state index < -0.39 is 0 Å². The van der Waals surface area contributed by atoms with Gasteiger partial charge in [-0.2, -0.15) is 10.2 Å². The van der Waals surface area contributed by atoms with Crippen molar-refractivity contribution in [2.45, 2.75) is 13.3 Å². The van der Waals surface area contributed by atoms with Crippen molar-refractivity contribution in [3.05, 3.63) is 47.2 Å². The standard InChI is InChI=1S/C16H16ClN5O2/c1-10-11(15(23)20-19-10)6-8-18-16(24)13-7-9-22(21-13)14-5-3-2-4-12(14)17/h2-5,7,9,11H,6,8H2,1H3,(H,18,24)(H,20,23)/t11-/m1/s1. The molecule has 0 spiro atoms. The van der Waals surface area contributed by atoms with Gasteiger partial charge in [-0.1, -0.05) is 23.7 Å². The molecule has 8 heteroatoms. The predicted octanol–water partition coefficient (Wildman–Crippen LogP) is 1.77. The summed E-state index contributed by atoms with van der Waals surface area (Å²) >= 11 is 6.12. The highest BCUT2D eigenvalue weighted by Gasteiger charge is 2.26. The van der Waals surface area contributed by atoms with Crippen molar-refractivity contribution in [2.24, 2.45) is 11.0 Å². The van der Waals surface area contributed by atoms with Gasteiger partial charge >= 0.3 is 0 Å². The summed E-state index contributed by atoms with van der Waals surface area (Å²) in [6.07, 6.45) is 2.18. The van der Waals surface area contributed by atoms with Crippen LogP contribution in [0.25, 0.3) is 5.69 Å². The molecule has 1 aliphatic heterocycles. The Bertz CT molecular complexity index is 814. The molecule has 7 nitrogen and oxygen atoms in total. The molecule has 0 bridgehead atoms. The van der Waals surface area contributed by atoms with E-state index in [-0.39, 0.29) is 23.4 Å². The molecular formula is C16H16ClN5O2. The Morgan fingerprint density at radius 1 is 1.38 bits per heavy atom. The van der Waals surface area contributed by atoms with Crippen molar-refractivity contribution in [3.63, 3.8) is 0 Å². The molecule has 0 saturated heterocycles. The van der Waals surface area contributed by atoms with E-state index in [0.29, 0.717) is 23.7 Å². The van der Waals surface area contributed by atoms with E-state index in [1.54, 1.807) is 29.9 Å². The zero-order valence-electron chi connectivity index (χ0n) is 13.0. The number of rotatable bonds is 5. The molecular weight excluding hydrogens is 330 g/mol. The van der Waals surface area contributed by atoms with Gasteiger partial charge in [0.2, 0.25) is 5.91 Å². The van der Waals surface area contributed by atoms with Crippen molar-refractivity contribution in [3.8, 4) is 5.69 Å². The molecule has 0 unspecified atom stereocenters. The average Bonchev–Trinajstić information content (AvgIpc) is 3.17. The maximum atomic E-state index is 12.2. The molecule has 0 aliphatic carbocycles. The van der Waals surface area contributed by atoms with Gasteiger partial charge in [0, 0.05) is 18.5 Å². The van der Waals surface area contributed by atoms with E-state index >= 15 is 0 Å². The Morgan fingerprint density at radius 2 is 2.17 bits per heavy atom. The smallest absolute Gasteiger partial charge is 0.271 e. The summed E-state index contributed by atoms with van der Waals surface area (Å²) in [6.45, 7) is 2.15. The predicted molar refractivity (Wildman–Crippen MR) is 90.3 cm³/mol. The van der Waals surface area contributed by atoms with Crippen LogP contribution in [-0.4, -0.2) is 33.9 Å². The molecule has 1 atom stereocenters. The molecule has 124 valence electrons. The molecule has 2 aromatic rings. The molecule has 1 aliphatic rings. The molecule has 24 heavy (non-hydrogen) atoms. The first-order valence-corrected chi connectivity index (χ1v) is 7.87. The molecule has 0 fully saturated rings. The molecule has 1 aromatic carbocycles. The number of nitrogens with zero attached hydrogens (tertiary/aromatic N) is 3. The Labute approximate surface area is 143 Å². The highest BCUT2D eigenvalue weighted by molar-refractivity contribution is 6.32. The van der Waals surface area contributed by atoms with Crippen LogP contribution in [-0.2, 0) is 4.79 Å². The third kappa shape index (κ3) is 3.30. The molecule has 1 aromatic heterocycles. The highest BCUT2D eigenvalue weighted by Crippen LogP contribution is 2.19. The number of halogens is 1. The Morgan fingerprint density at radius 3 is 2.88 bits per heavy atom. The molecule has 0 radical (unpaired) electrons. The lowest BCUT2D eigenvalue weighted by Gasteiger charge is -2.08. The van der Waals surface area contributed by atoms with Crippen LogP contribution in [0.3, 0.4) is 0 Å². The van der Waals surface area contributed by atoms with Crippen molar-refractivity contribution >= 4 is 29.1 Å². The first-order chi connectivity index (χ1) is 11.6. The van der Waals surface area contributed by atoms with Crippen molar-refractivity contribution in [1.82, 2.24) is 20.5 Å². The van der Waals surface area contributed by atoms with Crippen molar-refractivity contribution in [1.29, 1.82) is 0 Å². The Kier molecular flexibility index (Phi) is 4.61. The van der Waals surface area contributed by atoms with Crippen LogP contribution in [0.5, 0.6) is 0 Å². The van der Waals surface area contributed by atoms with Gasteiger partial charge in [0.05, 0.1) is 16.6 Å². The minimum absolute atomic E-state index is 0.134. The number of amides is 2.